The first-order chi connectivity index (χ1) is 9.83. The Balaban J connectivity index is 1.67. The maximum atomic E-state index is 5.99. The largest absolute Gasteiger partial charge is 0.369 e. The van der Waals surface area contributed by atoms with E-state index in [-0.39, 0.29) is 0 Å². The zero-order chi connectivity index (χ0) is 13.8. The molecule has 4 heteroatoms. The lowest BCUT2D eigenvalue weighted by Crippen LogP contribution is -2.13. The molecule has 0 radical (unpaired) electrons. The minimum atomic E-state index is 0.309. The van der Waals surface area contributed by atoms with E-state index in [9.17, 15) is 0 Å². The lowest BCUT2D eigenvalue weighted by molar-refractivity contribution is 0.345. The average molecular weight is 290 g/mol. The van der Waals surface area contributed by atoms with E-state index in [0.717, 1.165) is 29.2 Å². The number of nitrogens with zero attached hydrogens (tertiary/aromatic N) is 2. The van der Waals surface area contributed by atoms with Crippen molar-refractivity contribution in [2.75, 3.05) is 11.9 Å². The van der Waals surface area contributed by atoms with Crippen molar-refractivity contribution in [3.8, 4) is 0 Å². The van der Waals surface area contributed by atoms with E-state index in [0.29, 0.717) is 5.28 Å². The van der Waals surface area contributed by atoms with Gasteiger partial charge in [0, 0.05) is 11.9 Å². The summed E-state index contributed by atoms with van der Waals surface area (Å²) in [6.07, 6.45) is 8.19. The van der Waals surface area contributed by atoms with Crippen molar-refractivity contribution in [2.45, 2.75) is 38.5 Å². The van der Waals surface area contributed by atoms with Gasteiger partial charge in [-0.3, -0.25) is 0 Å². The molecule has 1 aliphatic rings. The van der Waals surface area contributed by atoms with Gasteiger partial charge < -0.3 is 5.32 Å². The lowest BCUT2D eigenvalue weighted by Gasteiger charge is -2.21. The van der Waals surface area contributed by atoms with Gasteiger partial charge in [0.2, 0.25) is 5.28 Å². The third-order valence-corrected chi connectivity index (χ3v) is 4.31. The standard InChI is InChI=1S/C16H20ClN3/c17-16-19-14-9-5-4-8-13(14)15(20-16)18-11-10-12-6-2-1-3-7-12/h4-5,8-9,12H,1-3,6-7,10-11H2,(H,18,19,20). The molecule has 1 N–H and O–H groups in total. The second kappa shape index (κ2) is 6.40. The van der Waals surface area contributed by atoms with Gasteiger partial charge in [-0.1, -0.05) is 44.2 Å². The predicted molar refractivity (Wildman–Crippen MR) is 84.2 cm³/mol. The summed E-state index contributed by atoms with van der Waals surface area (Å²) in [5.41, 5.74) is 0.896. The fraction of sp³-hybridized carbons (Fsp3) is 0.500. The SMILES string of the molecule is Clc1nc(NCCC2CCCCC2)c2ccccc2n1. The maximum Gasteiger partial charge on any atom is 0.224 e. The fourth-order valence-corrected chi connectivity index (χ4v) is 3.23. The molecule has 1 aliphatic carbocycles. The molecule has 0 bridgehead atoms. The molecular formula is C16H20ClN3. The molecule has 0 atom stereocenters. The zero-order valence-electron chi connectivity index (χ0n) is 11.6. The van der Waals surface area contributed by atoms with Crippen LogP contribution >= 0.6 is 11.6 Å². The van der Waals surface area contributed by atoms with Crippen LogP contribution in [0, 0.1) is 5.92 Å². The number of benzene rings is 1. The van der Waals surface area contributed by atoms with E-state index in [1.54, 1.807) is 0 Å². The van der Waals surface area contributed by atoms with Crippen molar-refractivity contribution < 1.29 is 0 Å². The molecule has 0 amide bonds. The van der Waals surface area contributed by atoms with E-state index in [1.165, 1.54) is 38.5 Å². The number of aromatic nitrogens is 2. The van der Waals surface area contributed by atoms with Crippen molar-refractivity contribution in [1.82, 2.24) is 9.97 Å². The Morgan fingerprint density at radius 2 is 1.90 bits per heavy atom. The van der Waals surface area contributed by atoms with Crippen molar-refractivity contribution in [2.24, 2.45) is 5.92 Å². The van der Waals surface area contributed by atoms with Crippen LogP contribution in [-0.2, 0) is 0 Å². The van der Waals surface area contributed by atoms with Crippen molar-refractivity contribution in [3.63, 3.8) is 0 Å². The second-order valence-corrected chi connectivity index (χ2v) is 5.92. The fourth-order valence-electron chi connectivity index (χ4n) is 3.05. The summed E-state index contributed by atoms with van der Waals surface area (Å²) in [6.45, 7) is 0.960. The first-order valence-electron chi connectivity index (χ1n) is 7.49. The molecule has 1 saturated carbocycles. The molecule has 0 unspecified atom stereocenters. The first kappa shape index (κ1) is 13.6. The van der Waals surface area contributed by atoms with Crippen LogP contribution in [0.1, 0.15) is 38.5 Å². The Kier molecular flexibility index (Phi) is 4.36. The Hall–Kier alpha value is -1.35. The first-order valence-corrected chi connectivity index (χ1v) is 7.87. The minimum Gasteiger partial charge on any atom is -0.369 e. The van der Waals surface area contributed by atoms with Gasteiger partial charge in [0.15, 0.2) is 0 Å². The second-order valence-electron chi connectivity index (χ2n) is 5.58. The molecule has 0 saturated heterocycles. The lowest BCUT2D eigenvalue weighted by atomic mass is 9.87. The molecule has 1 aromatic heterocycles. The Bertz CT molecular complexity index is 579. The third kappa shape index (κ3) is 3.21. The Morgan fingerprint density at radius 3 is 2.75 bits per heavy atom. The number of para-hydroxylation sites is 1. The molecular weight excluding hydrogens is 270 g/mol. The number of halogens is 1. The van der Waals surface area contributed by atoms with Crippen LogP contribution in [0.15, 0.2) is 24.3 Å². The average Bonchev–Trinajstić information content (AvgIpc) is 2.48. The summed E-state index contributed by atoms with van der Waals surface area (Å²) in [7, 11) is 0. The summed E-state index contributed by atoms with van der Waals surface area (Å²) < 4.78 is 0. The number of anilines is 1. The van der Waals surface area contributed by atoms with Crippen LogP contribution in [0.4, 0.5) is 5.82 Å². The van der Waals surface area contributed by atoms with E-state index < -0.39 is 0 Å². The van der Waals surface area contributed by atoms with Gasteiger partial charge in [0.05, 0.1) is 5.52 Å². The topological polar surface area (TPSA) is 37.8 Å². The molecule has 1 fully saturated rings. The van der Waals surface area contributed by atoms with Gasteiger partial charge >= 0.3 is 0 Å². The van der Waals surface area contributed by atoms with Crippen LogP contribution in [0.25, 0.3) is 10.9 Å². The minimum absolute atomic E-state index is 0.309. The smallest absolute Gasteiger partial charge is 0.224 e. The van der Waals surface area contributed by atoms with Crippen molar-refractivity contribution in [3.05, 3.63) is 29.5 Å². The monoisotopic (exact) mass is 289 g/mol. The van der Waals surface area contributed by atoms with E-state index in [2.05, 4.69) is 15.3 Å². The summed E-state index contributed by atoms with van der Waals surface area (Å²) in [6, 6.07) is 7.98. The number of fused-ring (bicyclic) bond motifs is 1. The van der Waals surface area contributed by atoms with Gasteiger partial charge in [0.25, 0.3) is 0 Å². The molecule has 3 rings (SSSR count). The van der Waals surface area contributed by atoms with Crippen LogP contribution in [0.3, 0.4) is 0 Å². The molecule has 1 aromatic carbocycles. The number of nitrogens with one attached hydrogen (secondary N) is 1. The Morgan fingerprint density at radius 1 is 1.10 bits per heavy atom. The molecule has 20 heavy (non-hydrogen) atoms. The van der Waals surface area contributed by atoms with Crippen LogP contribution in [-0.4, -0.2) is 16.5 Å². The highest BCUT2D eigenvalue weighted by Gasteiger charge is 2.13. The van der Waals surface area contributed by atoms with Gasteiger partial charge in [-0.15, -0.1) is 0 Å². The van der Waals surface area contributed by atoms with Gasteiger partial charge in [-0.05, 0) is 36.1 Å². The number of hydrogen-bond acceptors (Lipinski definition) is 3. The summed E-state index contributed by atoms with van der Waals surface area (Å²) in [4.78, 5) is 8.58. The number of hydrogen-bond donors (Lipinski definition) is 1. The van der Waals surface area contributed by atoms with Crippen LogP contribution in [0.5, 0.6) is 0 Å². The Labute approximate surface area is 124 Å². The highest BCUT2D eigenvalue weighted by molar-refractivity contribution is 6.28. The van der Waals surface area contributed by atoms with E-state index >= 15 is 0 Å². The molecule has 1 heterocycles. The van der Waals surface area contributed by atoms with Gasteiger partial charge in [0.1, 0.15) is 5.82 Å². The van der Waals surface area contributed by atoms with E-state index in [1.807, 2.05) is 24.3 Å². The molecule has 3 nitrogen and oxygen atoms in total. The van der Waals surface area contributed by atoms with Gasteiger partial charge in [-0.25, -0.2) is 9.97 Å². The quantitative estimate of drug-likeness (QED) is 0.832. The maximum absolute atomic E-state index is 5.99. The highest BCUT2D eigenvalue weighted by Crippen LogP contribution is 2.27. The zero-order valence-corrected chi connectivity index (χ0v) is 12.4. The highest BCUT2D eigenvalue weighted by atomic mass is 35.5. The van der Waals surface area contributed by atoms with Crippen LogP contribution in [0.2, 0.25) is 5.28 Å². The summed E-state index contributed by atoms with van der Waals surface area (Å²) in [5, 5.41) is 4.79. The van der Waals surface area contributed by atoms with Gasteiger partial charge in [-0.2, -0.15) is 0 Å². The molecule has 0 aliphatic heterocycles. The van der Waals surface area contributed by atoms with E-state index in [4.69, 9.17) is 11.6 Å². The number of rotatable bonds is 4. The third-order valence-electron chi connectivity index (χ3n) is 4.15. The molecule has 106 valence electrons. The van der Waals surface area contributed by atoms with Crippen molar-refractivity contribution in [1.29, 1.82) is 0 Å². The summed E-state index contributed by atoms with van der Waals surface area (Å²) in [5.74, 6) is 1.73. The normalized spacial score (nSPS) is 16.4. The van der Waals surface area contributed by atoms with Crippen LogP contribution < -0.4 is 5.32 Å². The summed E-state index contributed by atoms with van der Waals surface area (Å²) >= 11 is 5.99. The molecule has 0 spiro atoms. The van der Waals surface area contributed by atoms with Crippen molar-refractivity contribution >= 4 is 28.3 Å². The predicted octanol–water partition coefficient (Wildman–Crippen LogP) is 4.67. The molecule has 2 aromatic rings.